The Hall–Kier alpha value is -1.01. The van der Waals surface area contributed by atoms with Crippen molar-refractivity contribution in [2.45, 2.75) is 24.7 Å². The predicted molar refractivity (Wildman–Crippen MR) is 51.8 cm³/mol. The van der Waals surface area contributed by atoms with Crippen LogP contribution in [0.5, 0.6) is 0 Å². The molecule has 1 rings (SSSR count). The summed E-state index contributed by atoms with van der Waals surface area (Å²) in [7, 11) is -4.07. The summed E-state index contributed by atoms with van der Waals surface area (Å²) < 4.78 is 48.4. The molecule has 6 heteroatoms. The van der Waals surface area contributed by atoms with Gasteiger partial charge in [-0.3, -0.25) is 0 Å². The van der Waals surface area contributed by atoms with Gasteiger partial charge in [-0.25, -0.2) is 22.3 Å². The fraction of sp³-hybridized carbons (Fsp3) is 0.333. The largest absolute Gasteiger partial charge is 0.238 e. The molecule has 0 aromatic heterocycles. The van der Waals surface area contributed by atoms with Gasteiger partial charge in [-0.05, 0) is 18.1 Å². The average molecular weight is 235 g/mol. The van der Waals surface area contributed by atoms with Crippen molar-refractivity contribution in [2.24, 2.45) is 5.14 Å². The number of rotatable bonds is 2. The quantitative estimate of drug-likeness (QED) is 0.848. The maximum atomic E-state index is 13.3. The lowest BCUT2D eigenvalue weighted by molar-refractivity contribution is 0.532. The normalized spacial score (nSPS) is 12.1. The molecule has 0 bridgehead atoms. The minimum Gasteiger partial charge on any atom is -0.225 e. The van der Waals surface area contributed by atoms with Crippen LogP contribution in [-0.4, -0.2) is 8.42 Å². The van der Waals surface area contributed by atoms with Crippen LogP contribution in [-0.2, 0) is 10.0 Å². The van der Waals surface area contributed by atoms with E-state index < -0.39 is 26.6 Å². The van der Waals surface area contributed by atoms with Crippen LogP contribution in [0.4, 0.5) is 8.78 Å². The van der Waals surface area contributed by atoms with E-state index >= 15 is 0 Å². The van der Waals surface area contributed by atoms with Crippen LogP contribution < -0.4 is 5.14 Å². The number of hydrogen-bond acceptors (Lipinski definition) is 2. The highest BCUT2D eigenvalue weighted by Gasteiger charge is 2.18. The summed E-state index contributed by atoms with van der Waals surface area (Å²) in [5, 5.41) is 4.76. The van der Waals surface area contributed by atoms with E-state index in [4.69, 9.17) is 5.14 Å². The molecule has 0 saturated carbocycles. The molecule has 0 fully saturated rings. The first-order chi connectivity index (χ1) is 6.73. The highest BCUT2D eigenvalue weighted by molar-refractivity contribution is 7.89. The Morgan fingerprint density at radius 3 is 1.87 bits per heavy atom. The van der Waals surface area contributed by atoms with Crippen molar-refractivity contribution in [1.82, 2.24) is 0 Å². The fourth-order valence-corrected chi connectivity index (χ4v) is 1.81. The van der Waals surface area contributed by atoms with Gasteiger partial charge in [0, 0.05) is 5.56 Å². The molecule has 0 spiro atoms. The van der Waals surface area contributed by atoms with Crippen LogP contribution in [0.1, 0.15) is 25.3 Å². The molecule has 0 amide bonds. The van der Waals surface area contributed by atoms with E-state index in [-0.39, 0.29) is 11.5 Å². The molecule has 0 heterocycles. The lowest BCUT2D eigenvalue weighted by Crippen LogP contribution is -2.14. The Morgan fingerprint density at radius 2 is 1.60 bits per heavy atom. The van der Waals surface area contributed by atoms with Gasteiger partial charge in [-0.2, -0.15) is 0 Å². The van der Waals surface area contributed by atoms with Crippen molar-refractivity contribution < 1.29 is 17.2 Å². The van der Waals surface area contributed by atoms with Crippen molar-refractivity contribution in [3.8, 4) is 0 Å². The van der Waals surface area contributed by atoms with E-state index in [2.05, 4.69) is 0 Å². The van der Waals surface area contributed by atoms with E-state index in [0.29, 0.717) is 0 Å². The van der Waals surface area contributed by atoms with Gasteiger partial charge in [0.1, 0.15) is 11.6 Å². The maximum absolute atomic E-state index is 13.3. The van der Waals surface area contributed by atoms with Crippen molar-refractivity contribution in [1.29, 1.82) is 0 Å². The zero-order valence-electron chi connectivity index (χ0n) is 8.29. The van der Waals surface area contributed by atoms with Crippen molar-refractivity contribution in [3.05, 3.63) is 29.3 Å². The smallest absolute Gasteiger partial charge is 0.225 e. The van der Waals surface area contributed by atoms with Gasteiger partial charge in [0.15, 0.2) is 0 Å². The second-order valence-corrected chi connectivity index (χ2v) is 5.06. The standard InChI is InChI=1S/C9H11F2NO2S/c1-5(2)9-7(10)3-6(4-8(9)11)15(12,13)14/h3-5H,1-2H3,(H2,12,13,14). The topological polar surface area (TPSA) is 60.2 Å². The summed E-state index contributed by atoms with van der Waals surface area (Å²) in [4.78, 5) is -0.554. The monoisotopic (exact) mass is 235 g/mol. The van der Waals surface area contributed by atoms with E-state index in [1.54, 1.807) is 13.8 Å². The van der Waals surface area contributed by atoms with Crippen molar-refractivity contribution in [3.63, 3.8) is 0 Å². The van der Waals surface area contributed by atoms with Gasteiger partial charge in [0.05, 0.1) is 4.90 Å². The maximum Gasteiger partial charge on any atom is 0.238 e. The van der Waals surface area contributed by atoms with Gasteiger partial charge in [0.2, 0.25) is 10.0 Å². The molecule has 0 aliphatic rings. The Kier molecular flexibility index (Phi) is 3.11. The molecule has 0 saturated heterocycles. The molecule has 84 valence electrons. The summed E-state index contributed by atoms with van der Waals surface area (Å²) >= 11 is 0. The molecule has 2 N–H and O–H groups in total. The van der Waals surface area contributed by atoms with Crippen LogP contribution in [0.15, 0.2) is 17.0 Å². The zero-order chi connectivity index (χ0) is 11.8. The lowest BCUT2D eigenvalue weighted by atomic mass is 10.0. The van der Waals surface area contributed by atoms with E-state index in [1.807, 2.05) is 0 Å². The zero-order valence-corrected chi connectivity index (χ0v) is 9.11. The van der Waals surface area contributed by atoms with Crippen LogP contribution in [0.25, 0.3) is 0 Å². The first-order valence-corrected chi connectivity index (χ1v) is 5.80. The molecule has 3 nitrogen and oxygen atoms in total. The van der Waals surface area contributed by atoms with Gasteiger partial charge >= 0.3 is 0 Å². The molecule has 0 unspecified atom stereocenters. The Morgan fingerprint density at radius 1 is 1.20 bits per heavy atom. The lowest BCUT2D eigenvalue weighted by Gasteiger charge is -2.09. The molecule has 1 aromatic rings. The number of halogens is 2. The minimum atomic E-state index is -4.07. The summed E-state index contributed by atoms with van der Waals surface area (Å²) in [6.45, 7) is 3.22. The molecule has 0 aliphatic carbocycles. The second-order valence-electron chi connectivity index (χ2n) is 3.50. The molecule has 0 radical (unpaired) electrons. The molecule has 15 heavy (non-hydrogen) atoms. The summed E-state index contributed by atoms with van der Waals surface area (Å²) in [6, 6.07) is 1.46. The van der Waals surface area contributed by atoms with Crippen molar-refractivity contribution >= 4 is 10.0 Å². The molecular formula is C9H11F2NO2S. The Balaban J connectivity index is 3.45. The summed E-state index contributed by atoms with van der Waals surface area (Å²) in [5.74, 6) is -2.15. The van der Waals surface area contributed by atoms with Crippen LogP contribution in [0.3, 0.4) is 0 Å². The van der Waals surface area contributed by atoms with E-state index in [9.17, 15) is 17.2 Å². The molecule has 0 aliphatic heterocycles. The third-order valence-corrected chi connectivity index (χ3v) is 2.85. The van der Waals surface area contributed by atoms with Crippen molar-refractivity contribution in [2.75, 3.05) is 0 Å². The van der Waals surface area contributed by atoms with Crippen LogP contribution in [0.2, 0.25) is 0 Å². The van der Waals surface area contributed by atoms with Gasteiger partial charge in [0.25, 0.3) is 0 Å². The Labute approximate surface area is 87.0 Å². The average Bonchev–Trinajstić information content (AvgIpc) is 1.99. The molecular weight excluding hydrogens is 224 g/mol. The summed E-state index contributed by atoms with van der Waals surface area (Å²) in [5.41, 5.74) is -0.137. The fourth-order valence-electron chi connectivity index (χ4n) is 1.28. The third-order valence-electron chi connectivity index (χ3n) is 1.96. The predicted octanol–water partition coefficient (Wildman–Crippen LogP) is 1.74. The highest BCUT2D eigenvalue weighted by Crippen LogP contribution is 2.24. The van der Waals surface area contributed by atoms with Gasteiger partial charge in [-0.15, -0.1) is 0 Å². The molecule has 0 atom stereocenters. The molecule has 1 aromatic carbocycles. The number of sulfonamides is 1. The SMILES string of the molecule is CC(C)c1c(F)cc(S(N)(=O)=O)cc1F. The van der Waals surface area contributed by atoms with E-state index in [1.165, 1.54) is 0 Å². The second kappa shape index (κ2) is 3.86. The highest BCUT2D eigenvalue weighted by atomic mass is 32.2. The first-order valence-electron chi connectivity index (χ1n) is 4.25. The number of nitrogens with two attached hydrogens (primary N) is 1. The minimum absolute atomic E-state index is 0.137. The third kappa shape index (κ3) is 2.51. The van der Waals surface area contributed by atoms with Gasteiger partial charge in [-0.1, -0.05) is 13.8 Å². The Bertz CT molecular complexity index is 460. The first kappa shape index (κ1) is 12.1. The number of benzene rings is 1. The van der Waals surface area contributed by atoms with Gasteiger partial charge < -0.3 is 0 Å². The van der Waals surface area contributed by atoms with Crippen LogP contribution >= 0.6 is 0 Å². The number of primary sulfonamides is 1. The summed E-state index contributed by atoms with van der Waals surface area (Å²) in [6.07, 6.45) is 0. The van der Waals surface area contributed by atoms with Crippen LogP contribution in [0, 0.1) is 11.6 Å². The number of hydrogen-bond donors (Lipinski definition) is 1. The van der Waals surface area contributed by atoms with E-state index in [0.717, 1.165) is 12.1 Å².